The maximum atomic E-state index is 12.3. The number of rotatable bonds is 4. The molecule has 7 heteroatoms. The van der Waals surface area contributed by atoms with E-state index in [-0.39, 0.29) is 11.8 Å². The highest BCUT2D eigenvalue weighted by molar-refractivity contribution is 9.10. The van der Waals surface area contributed by atoms with Gasteiger partial charge in [0, 0.05) is 18.3 Å². The zero-order chi connectivity index (χ0) is 16.3. The summed E-state index contributed by atoms with van der Waals surface area (Å²) in [6.45, 7) is 5.12. The summed E-state index contributed by atoms with van der Waals surface area (Å²) in [7, 11) is 0. The summed E-state index contributed by atoms with van der Waals surface area (Å²) in [6, 6.07) is 6.51. The Labute approximate surface area is 137 Å². The van der Waals surface area contributed by atoms with E-state index in [0.29, 0.717) is 11.4 Å². The van der Waals surface area contributed by atoms with Gasteiger partial charge in [-0.3, -0.25) is 14.3 Å². The zero-order valence-electron chi connectivity index (χ0n) is 12.6. The molecule has 6 nitrogen and oxygen atoms in total. The summed E-state index contributed by atoms with van der Waals surface area (Å²) in [5.41, 5.74) is 2.24. The van der Waals surface area contributed by atoms with Gasteiger partial charge in [-0.2, -0.15) is 5.10 Å². The van der Waals surface area contributed by atoms with E-state index in [1.54, 1.807) is 42.1 Å². The summed E-state index contributed by atoms with van der Waals surface area (Å²) in [5.74, 6) is -0.295. The van der Waals surface area contributed by atoms with Crippen LogP contribution in [-0.4, -0.2) is 21.6 Å². The number of nitrogens with one attached hydrogen (secondary N) is 2. The fourth-order valence-corrected chi connectivity index (χ4v) is 2.26. The minimum atomic E-state index is -0.429. The van der Waals surface area contributed by atoms with Crippen LogP contribution < -0.4 is 10.6 Å². The minimum Gasteiger partial charge on any atom is -0.326 e. The molecule has 0 bridgehead atoms. The van der Waals surface area contributed by atoms with Gasteiger partial charge in [-0.25, -0.2) is 0 Å². The number of carbonyl (C=O) groups excluding carboxylic acids is 2. The van der Waals surface area contributed by atoms with Crippen molar-refractivity contribution in [3.63, 3.8) is 0 Å². The molecule has 1 unspecified atom stereocenters. The molecule has 2 aromatic rings. The van der Waals surface area contributed by atoms with E-state index < -0.39 is 6.04 Å². The second kappa shape index (κ2) is 6.74. The number of benzene rings is 1. The van der Waals surface area contributed by atoms with Crippen molar-refractivity contribution in [2.75, 3.05) is 10.6 Å². The van der Waals surface area contributed by atoms with Gasteiger partial charge < -0.3 is 10.6 Å². The van der Waals surface area contributed by atoms with E-state index in [0.717, 1.165) is 10.2 Å². The number of amides is 2. The second-order valence-electron chi connectivity index (χ2n) is 4.95. The first kappa shape index (κ1) is 16.2. The first-order chi connectivity index (χ1) is 10.4. The van der Waals surface area contributed by atoms with Crippen LogP contribution >= 0.6 is 15.9 Å². The average molecular weight is 365 g/mol. The predicted molar refractivity (Wildman–Crippen MR) is 88.8 cm³/mol. The number of aromatic nitrogens is 2. The van der Waals surface area contributed by atoms with Crippen LogP contribution in [-0.2, 0) is 9.59 Å². The third-order valence-corrected chi connectivity index (χ3v) is 3.98. The third-order valence-electron chi connectivity index (χ3n) is 3.20. The van der Waals surface area contributed by atoms with Gasteiger partial charge >= 0.3 is 0 Å². The number of anilines is 2. The molecule has 0 saturated carbocycles. The first-order valence-corrected chi connectivity index (χ1v) is 7.56. The van der Waals surface area contributed by atoms with Crippen molar-refractivity contribution in [3.8, 4) is 0 Å². The van der Waals surface area contributed by atoms with Crippen molar-refractivity contribution in [1.29, 1.82) is 0 Å². The Bertz CT molecular complexity index is 694. The lowest BCUT2D eigenvalue weighted by atomic mass is 10.2. The van der Waals surface area contributed by atoms with Crippen molar-refractivity contribution in [2.45, 2.75) is 26.8 Å². The molecular formula is C15H17BrN4O2. The molecule has 0 aliphatic carbocycles. The summed E-state index contributed by atoms with van der Waals surface area (Å²) < 4.78 is 2.53. The number of halogens is 1. The summed E-state index contributed by atoms with van der Waals surface area (Å²) in [5, 5.41) is 9.69. The van der Waals surface area contributed by atoms with E-state index in [1.165, 1.54) is 6.92 Å². The maximum Gasteiger partial charge on any atom is 0.248 e. The third kappa shape index (κ3) is 3.73. The molecule has 0 radical (unpaired) electrons. The van der Waals surface area contributed by atoms with E-state index in [9.17, 15) is 9.59 Å². The van der Waals surface area contributed by atoms with Gasteiger partial charge in [0.15, 0.2) is 0 Å². The fraction of sp³-hybridized carbons (Fsp3) is 0.267. The maximum absolute atomic E-state index is 12.3. The molecular weight excluding hydrogens is 348 g/mol. The van der Waals surface area contributed by atoms with E-state index in [4.69, 9.17) is 0 Å². The van der Waals surface area contributed by atoms with Crippen LogP contribution in [0.2, 0.25) is 0 Å². The Morgan fingerprint density at radius 1 is 1.18 bits per heavy atom. The smallest absolute Gasteiger partial charge is 0.248 e. The number of hydrogen-bond acceptors (Lipinski definition) is 3. The summed E-state index contributed by atoms with van der Waals surface area (Å²) >= 11 is 3.38. The molecule has 0 spiro atoms. The predicted octanol–water partition coefficient (Wildman–Crippen LogP) is 3.11. The van der Waals surface area contributed by atoms with Crippen LogP contribution in [0, 0.1) is 6.92 Å². The second-order valence-corrected chi connectivity index (χ2v) is 5.80. The fourth-order valence-electron chi connectivity index (χ4n) is 1.99. The van der Waals surface area contributed by atoms with Crippen LogP contribution in [0.4, 0.5) is 11.4 Å². The van der Waals surface area contributed by atoms with Crippen molar-refractivity contribution >= 4 is 39.1 Å². The first-order valence-electron chi connectivity index (χ1n) is 6.76. The van der Waals surface area contributed by atoms with Crippen molar-refractivity contribution in [3.05, 3.63) is 40.6 Å². The Balaban J connectivity index is 2.05. The molecule has 1 aromatic carbocycles. The highest BCUT2D eigenvalue weighted by Crippen LogP contribution is 2.20. The topological polar surface area (TPSA) is 76.0 Å². The normalized spacial score (nSPS) is 11.8. The molecule has 2 amide bonds. The Hall–Kier alpha value is -2.15. The molecule has 2 rings (SSSR count). The summed E-state index contributed by atoms with van der Waals surface area (Å²) in [6.07, 6.45) is 1.67. The highest BCUT2D eigenvalue weighted by Gasteiger charge is 2.18. The van der Waals surface area contributed by atoms with Gasteiger partial charge in [-0.05, 0) is 54.0 Å². The molecule has 22 heavy (non-hydrogen) atoms. The van der Waals surface area contributed by atoms with Gasteiger partial charge in [0.2, 0.25) is 11.8 Å². The molecule has 1 heterocycles. The Kier molecular flexibility index (Phi) is 4.97. The number of carbonyl (C=O) groups is 2. The van der Waals surface area contributed by atoms with Crippen molar-refractivity contribution in [1.82, 2.24) is 9.78 Å². The quantitative estimate of drug-likeness (QED) is 0.874. The Morgan fingerprint density at radius 2 is 1.73 bits per heavy atom. The van der Waals surface area contributed by atoms with Crippen LogP contribution in [0.25, 0.3) is 0 Å². The van der Waals surface area contributed by atoms with Crippen molar-refractivity contribution in [2.24, 2.45) is 0 Å². The molecule has 0 fully saturated rings. The molecule has 0 aliphatic heterocycles. The molecule has 0 saturated heterocycles. The monoisotopic (exact) mass is 364 g/mol. The molecule has 1 atom stereocenters. The van der Waals surface area contributed by atoms with Gasteiger partial charge in [0.1, 0.15) is 6.04 Å². The van der Waals surface area contributed by atoms with E-state index in [2.05, 4.69) is 31.7 Å². The van der Waals surface area contributed by atoms with Gasteiger partial charge in [-0.15, -0.1) is 0 Å². The molecule has 0 aliphatic rings. The van der Waals surface area contributed by atoms with Crippen molar-refractivity contribution < 1.29 is 9.59 Å². The average Bonchev–Trinajstić information content (AvgIpc) is 2.80. The van der Waals surface area contributed by atoms with Gasteiger partial charge in [-0.1, -0.05) is 0 Å². The largest absolute Gasteiger partial charge is 0.326 e. The van der Waals surface area contributed by atoms with Gasteiger partial charge in [0.05, 0.1) is 16.4 Å². The van der Waals surface area contributed by atoms with E-state index in [1.807, 2.05) is 6.92 Å². The lowest BCUT2D eigenvalue weighted by Crippen LogP contribution is -2.25. The van der Waals surface area contributed by atoms with Crippen LogP contribution in [0.5, 0.6) is 0 Å². The van der Waals surface area contributed by atoms with E-state index >= 15 is 0 Å². The summed E-state index contributed by atoms with van der Waals surface area (Å²) in [4.78, 5) is 23.2. The SMILES string of the molecule is CC(=O)Nc1ccc(NC(=O)C(C)n2ncc(Br)c2C)cc1. The molecule has 1 aromatic heterocycles. The number of nitrogens with zero attached hydrogens (tertiary/aromatic N) is 2. The standard InChI is InChI=1S/C15H17BrN4O2/c1-9-14(16)8-17-20(9)10(2)15(22)19-13-6-4-12(5-7-13)18-11(3)21/h4-8,10H,1-3H3,(H,18,21)(H,19,22). The highest BCUT2D eigenvalue weighted by atomic mass is 79.9. The van der Waals surface area contributed by atoms with Gasteiger partial charge in [0.25, 0.3) is 0 Å². The lowest BCUT2D eigenvalue weighted by molar-refractivity contribution is -0.119. The molecule has 2 N–H and O–H groups in total. The zero-order valence-corrected chi connectivity index (χ0v) is 14.1. The van der Waals surface area contributed by atoms with Crippen LogP contribution in [0.15, 0.2) is 34.9 Å². The lowest BCUT2D eigenvalue weighted by Gasteiger charge is -2.15. The molecule has 116 valence electrons. The Morgan fingerprint density at radius 3 is 2.18 bits per heavy atom. The van der Waals surface area contributed by atoms with Crippen LogP contribution in [0.3, 0.4) is 0 Å². The minimum absolute atomic E-state index is 0.134. The van der Waals surface area contributed by atoms with Crippen LogP contribution in [0.1, 0.15) is 25.6 Å². The number of hydrogen-bond donors (Lipinski definition) is 2.